The Bertz CT molecular complexity index is 553. The van der Waals surface area contributed by atoms with Gasteiger partial charge in [-0.05, 0) is 23.8 Å². The van der Waals surface area contributed by atoms with Crippen molar-refractivity contribution in [2.45, 2.75) is 30.7 Å². The first-order valence-corrected chi connectivity index (χ1v) is 6.90. The van der Waals surface area contributed by atoms with Crippen molar-refractivity contribution < 1.29 is 39.8 Å². The van der Waals surface area contributed by atoms with Crippen molar-refractivity contribution >= 4 is 12.0 Å². The molecule has 8 nitrogen and oxygen atoms in total. The third-order valence-electron chi connectivity index (χ3n) is 3.40. The zero-order chi connectivity index (χ0) is 17.0. The van der Waals surface area contributed by atoms with E-state index in [1.54, 1.807) is 12.1 Å². The highest BCUT2D eigenvalue weighted by atomic mass is 16.7. The van der Waals surface area contributed by atoms with Crippen molar-refractivity contribution in [3.63, 3.8) is 0 Å². The summed E-state index contributed by atoms with van der Waals surface area (Å²) in [6.07, 6.45) is -4.35. The van der Waals surface area contributed by atoms with Crippen LogP contribution in [0, 0.1) is 0 Å². The maximum Gasteiger partial charge on any atom is 0.328 e. The molecule has 23 heavy (non-hydrogen) atoms. The zero-order valence-electron chi connectivity index (χ0n) is 12.0. The van der Waals surface area contributed by atoms with Crippen LogP contribution in [-0.2, 0) is 9.53 Å². The minimum atomic E-state index is -1.51. The summed E-state index contributed by atoms with van der Waals surface area (Å²) < 4.78 is 10.6. The molecular formula is C15H18O8. The molecule has 5 atom stereocenters. The van der Waals surface area contributed by atoms with Gasteiger partial charge < -0.3 is 35.0 Å². The van der Waals surface area contributed by atoms with E-state index in [0.29, 0.717) is 11.3 Å². The quantitative estimate of drug-likeness (QED) is 0.433. The summed E-state index contributed by atoms with van der Waals surface area (Å²) in [5.74, 6) is -0.756. The van der Waals surface area contributed by atoms with Gasteiger partial charge in [0.1, 0.15) is 30.2 Å². The monoisotopic (exact) mass is 326 g/mol. The Morgan fingerprint density at radius 1 is 1.13 bits per heavy atom. The van der Waals surface area contributed by atoms with E-state index >= 15 is 0 Å². The fraction of sp³-hybridized carbons (Fsp3) is 0.400. The topological polar surface area (TPSA) is 137 Å². The molecule has 1 aromatic rings. The molecule has 1 aliphatic heterocycles. The fourth-order valence-corrected chi connectivity index (χ4v) is 2.12. The van der Waals surface area contributed by atoms with Gasteiger partial charge in [0.05, 0.1) is 6.61 Å². The lowest BCUT2D eigenvalue weighted by atomic mass is 9.99. The van der Waals surface area contributed by atoms with Crippen LogP contribution in [0.4, 0.5) is 0 Å². The second-order valence-corrected chi connectivity index (χ2v) is 5.06. The summed E-state index contributed by atoms with van der Waals surface area (Å²) >= 11 is 0. The molecule has 0 aromatic heterocycles. The first-order chi connectivity index (χ1) is 10.9. The van der Waals surface area contributed by atoms with Gasteiger partial charge in [-0.15, -0.1) is 0 Å². The Morgan fingerprint density at radius 3 is 2.35 bits per heavy atom. The molecule has 8 heteroatoms. The van der Waals surface area contributed by atoms with Crippen LogP contribution in [0.3, 0.4) is 0 Å². The Morgan fingerprint density at radius 2 is 1.78 bits per heavy atom. The Hall–Kier alpha value is -1.97. The molecule has 0 amide bonds. The highest BCUT2D eigenvalue weighted by Crippen LogP contribution is 2.24. The molecule has 0 radical (unpaired) electrons. The van der Waals surface area contributed by atoms with E-state index in [-0.39, 0.29) is 0 Å². The molecule has 5 N–H and O–H groups in total. The second kappa shape index (κ2) is 7.53. The van der Waals surface area contributed by atoms with Crippen LogP contribution in [0.25, 0.3) is 6.08 Å². The first-order valence-electron chi connectivity index (χ1n) is 6.90. The highest BCUT2D eigenvalue weighted by molar-refractivity contribution is 5.85. The van der Waals surface area contributed by atoms with Gasteiger partial charge in [0.2, 0.25) is 6.29 Å². The molecule has 1 fully saturated rings. The molecular weight excluding hydrogens is 308 g/mol. The van der Waals surface area contributed by atoms with Crippen molar-refractivity contribution in [3.05, 3.63) is 35.9 Å². The summed E-state index contributed by atoms with van der Waals surface area (Å²) in [4.78, 5) is 10.4. The average Bonchev–Trinajstić information content (AvgIpc) is 2.54. The second-order valence-electron chi connectivity index (χ2n) is 5.06. The molecule has 0 saturated carbocycles. The molecule has 1 saturated heterocycles. The lowest BCUT2D eigenvalue weighted by molar-refractivity contribution is -0.277. The molecule has 0 spiro atoms. The summed E-state index contributed by atoms with van der Waals surface area (Å²) in [5, 5.41) is 46.9. The van der Waals surface area contributed by atoms with Crippen molar-refractivity contribution in [2.24, 2.45) is 0 Å². The van der Waals surface area contributed by atoms with Gasteiger partial charge in [-0.2, -0.15) is 0 Å². The van der Waals surface area contributed by atoms with Crippen molar-refractivity contribution in [3.8, 4) is 5.75 Å². The van der Waals surface area contributed by atoms with E-state index in [4.69, 9.17) is 19.7 Å². The number of aliphatic carboxylic acids is 1. The Balaban J connectivity index is 2.04. The summed E-state index contributed by atoms with van der Waals surface area (Å²) in [6, 6.07) is 6.25. The average molecular weight is 326 g/mol. The molecule has 1 aromatic carbocycles. The van der Waals surface area contributed by atoms with Crippen LogP contribution in [0.1, 0.15) is 5.56 Å². The van der Waals surface area contributed by atoms with Crippen LogP contribution in [0.15, 0.2) is 30.3 Å². The van der Waals surface area contributed by atoms with Crippen molar-refractivity contribution in [1.82, 2.24) is 0 Å². The SMILES string of the molecule is O=C(O)/C=C/c1ccc(O[C@H]2O[C@@H](CO)[C@H](O)[C@@H](O)[C@@H]2O)cc1. The standard InChI is InChI=1S/C15H18O8/c16-7-10-12(19)13(20)14(21)15(23-10)22-9-4-1-8(2-5-9)3-6-11(17)18/h1-6,10,12-16,19-21H,7H2,(H,17,18)/b6-3+/t10-,12-,13+,14-,15-/m0/s1. The molecule has 0 unspecified atom stereocenters. The molecule has 1 aliphatic rings. The molecule has 0 aliphatic carbocycles. The normalized spacial score (nSPS) is 31.2. The van der Waals surface area contributed by atoms with Crippen LogP contribution in [0.2, 0.25) is 0 Å². The van der Waals surface area contributed by atoms with E-state index in [2.05, 4.69) is 0 Å². The maximum atomic E-state index is 10.4. The van der Waals surface area contributed by atoms with Gasteiger partial charge in [0, 0.05) is 6.08 Å². The Kier molecular flexibility index (Phi) is 5.69. The summed E-state index contributed by atoms with van der Waals surface area (Å²) in [6.45, 7) is -0.538. The number of benzene rings is 1. The molecule has 1 heterocycles. The minimum absolute atomic E-state index is 0.307. The van der Waals surface area contributed by atoms with E-state index in [0.717, 1.165) is 6.08 Å². The van der Waals surface area contributed by atoms with E-state index < -0.39 is 43.3 Å². The smallest absolute Gasteiger partial charge is 0.328 e. The third-order valence-corrected chi connectivity index (χ3v) is 3.40. The van der Waals surface area contributed by atoms with Crippen LogP contribution in [0.5, 0.6) is 5.75 Å². The van der Waals surface area contributed by atoms with E-state index in [9.17, 15) is 20.1 Å². The van der Waals surface area contributed by atoms with Gasteiger partial charge >= 0.3 is 5.97 Å². The lowest BCUT2D eigenvalue weighted by Gasteiger charge is -2.39. The third kappa shape index (κ3) is 4.27. The molecule has 126 valence electrons. The van der Waals surface area contributed by atoms with Gasteiger partial charge in [0.15, 0.2) is 0 Å². The minimum Gasteiger partial charge on any atom is -0.478 e. The largest absolute Gasteiger partial charge is 0.478 e. The number of aliphatic hydroxyl groups is 4. The molecule has 2 rings (SSSR count). The fourth-order valence-electron chi connectivity index (χ4n) is 2.12. The van der Waals surface area contributed by atoms with Gasteiger partial charge in [-0.25, -0.2) is 4.79 Å². The zero-order valence-corrected chi connectivity index (χ0v) is 12.0. The lowest BCUT2D eigenvalue weighted by Crippen LogP contribution is -2.60. The van der Waals surface area contributed by atoms with Crippen molar-refractivity contribution in [1.29, 1.82) is 0 Å². The van der Waals surface area contributed by atoms with Crippen LogP contribution in [-0.4, -0.2) is 68.8 Å². The predicted octanol–water partition coefficient (Wildman–Crippen LogP) is -1.04. The number of carboxylic acid groups (broad SMARTS) is 1. The Labute approximate surface area is 131 Å². The van der Waals surface area contributed by atoms with Crippen LogP contribution >= 0.6 is 0 Å². The number of aliphatic hydroxyl groups excluding tert-OH is 4. The number of rotatable bonds is 5. The number of carbonyl (C=O) groups is 1. The highest BCUT2D eigenvalue weighted by Gasteiger charge is 2.44. The summed E-state index contributed by atoms with van der Waals surface area (Å²) in [5.41, 5.74) is 0.633. The molecule has 0 bridgehead atoms. The number of carboxylic acids is 1. The van der Waals surface area contributed by atoms with Gasteiger partial charge in [-0.3, -0.25) is 0 Å². The van der Waals surface area contributed by atoms with Gasteiger partial charge in [-0.1, -0.05) is 12.1 Å². The number of hydrogen-bond acceptors (Lipinski definition) is 7. The predicted molar refractivity (Wildman–Crippen MR) is 77.5 cm³/mol. The van der Waals surface area contributed by atoms with Crippen LogP contribution < -0.4 is 4.74 Å². The van der Waals surface area contributed by atoms with E-state index in [1.165, 1.54) is 18.2 Å². The number of hydrogen-bond donors (Lipinski definition) is 5. The number of ether oxygens (including phenoxy) is 2. The van der Waals surface area contributed by atoms with Gasteiger partial charge in [0.25, 0.3) is 0 Å². The van der Waals surface area contributed by atoms with Crippen molar-refractivity contribution in [2.75, 3.05) is 6.61 Å². The van der Waals surface area contributed by atoms with E-state index in [1.807, 2.05) is 0 Å². The first kappa shape index (κ1) is 17.4. The maximum absolute atomic E-state index is 10.4. The summed E-state index contributed by atoms with van der Waals surface area (Å²) in [7, 11) is 0.